The Labute approximate surface area is 121 Å². The molecule has 0 aliphatic rings. The second-order valence-corrected chi connectivity index (χ2v) is 4.53. The lowest BCUT2D eigenvalue weighted by atomic mass is 10.2. The number of halogens is 3. The van der Waals surface area contributed by atoms with Gasteiger partial charge in [-0.05, 0) is 34.1 Å². The Balaban J connectivity index is 2.44. The van der Waals surface area contributed by atoms with Crippen molar-refractivity contribution < 1.29 is 18.3 Å². The molecule has 5 nitrogen and oxygen atoms in total. The summed E-state index contributed by atoms with van der Waals surface area (Å²) in [5, 5.41) is 0. The van der Waals surface area contributed by atoms with Crippen molar-refractivity contribution in [1.29, 1.82) is 0 Å². The average molecular weight is 346 g/mol. The predicted octanol–water partition coefficient (Wildman–Crippen LogP) is 3.10. The molecule has 8 heteroatoms. The van der Waals surface area contributed by atoms with Crippen molar-refractivity contribution in [3.8, 4) is 22.9 Å². The van der Waals surface area contributed by atoms with E-state index in [0.717, 1.165) is 0 Å². The van der Waals surface area contributed by atoms with Gasteiger partial charge in [-0.3, -0.25) is 0 Å². The summed E-state index contributed by atoms with van der Waals surface area (Å²) >= 11 is 3.18. The number of ether oxygens (including phenoxy) is 2. The van der Waals surface area contributed by atoms with E-state index < -0.39 is 6.61 Å². The van der Waals surface area contributed by atoms with Gasteiger partial charge in [-0.2, -0.15) is 8.78 Å². The Morgan fingerprint density at radius 2 is 2.05 bits per heavy atom. The zero-order valence-corrected chi connectivity index (χ0v) is 11.9. The molecule has 0 saturated heterocycles. The third kappa shape index (κ3) is 3.13. The van der Waals surface area contributed by atoms with Crippen LogP contribution in [0.25, 0.3) is 11.4 Å². The third-order valence-electron chi connectivity index (χ3n) is 2.41. The standard InChI is InChI=1S/C12H10BrF2N3O2/c1-19-8-3-2-6(4-9(8)20-12(14)15)11-17-5-7(13)10(16)18-11/h2-5,12H,1H3,(H2,16,17,18). The summed E-state index contributed by atoms with van der Waals surface area (Å²) in [6, 6.07) is 4.49. The number of benzene rings is 1. The lowest BCUT2D eigenvalue weighted by molar-refractivity contribution is -0.0511. The van der Waals surface area contributed by atoms with Gasteiger partial charge < -0.3 is 15.2 Å². The minimum absolute atomic E-state index is 0.0925. The van der Waals surface area contributed by atoms with Gasteiger partial charge in [0.15, 0.2) is 17.3 Å². The molecule has 0 bridgehead atoms. The van der Waals surface area contributed by atoms with Crippen LogP contribution in [-0.2, 0) is 0 Å². The largest absolute Gasteiger partial charge is 0.493 e. The molecule has 1 heterocycles. The molecule has 20 heavy (non-hydrogen) atoms. The monoisotopic (exact) mass is 345 g/mol. The van der Waals surface area contributed by atoms with Crippen LogP contribution in [-0.4, -0.2) is 23.7 Å². The van der Waals surface area contributed by atoms with Crippen LogP contribution in [0, 0.1) is 0 Å². The second kappa shape index (κ2) is 6.00. The zero-order chi connectivity index (χ0) is 14.7. The lowest BCUT2D eigenvalue weighted by Crippen LogP contribution is -2.04. The van der Waals surface area contributed by atoms with E-state index in [0.29, 0.717) is 15.9 Å². The highest BCUT2D eigenvalue weighted by Crippen LogP contribution is 2.33. The van der Waals surface area contributed by atoms with Gasteiger partial charge in [0.2, 0.25) is 0 Å². The van der Waals surface area contributed by atoms with Gasteiger partial charge >= 0.3 is 6.61 Å². The molecule has 0 aliphatic heterocycles. The van der Waals surface area contributed by atoms with Gasteiger partial charge in [-0.15, -0.1) is 0 Å². The number of hydrogen-bond acceptors (Lipinski definition) is 5. The Bertz CT molecular complexity index is 626. The molecule has 0 spiro atoms. The molecule has 0 radical (unpaired) electrons. The van der Waals surface area contributed by atoms with Crippen LogP contribution in [0.4, 0.5) is 14.6 Å². The second-order valence-electron chi connectivity index (χ2n) is 3.67. The van der Waals surface area contributed by atoms with E-state index in [1.807, 2.05) is 0 Å². The van der Waals surface area contributed by atoms with Crippen molar-refractivity contribution in [2.75, 3.05) is 12.8 Å². The number of nitrogens with two attached hydrogens (primary N) is 1. The zero-order valence-electron chi connectivity index (χ0n) is 10.3. The molecule has 2 N–H and O–H groups in total. The van der Waals surface area contributed by atoms with Gasteiger partial charge in [0.25, 0.3) is 0 Å². The molecular formula is C12H10BrF2N3O2. The quantitative estimate of drug-likeness (QED) is 0.921. The molecule has 2 aromatic rings. The molecule has 0 fully saturated rings. The van der Waals surface area contributed by atoms with Crippen LogP contribution in [0.1, 0.15) is 0 Å². The highest BCUT2D eigenvalue weighted by atomic mass is 79.9. The number of hydrogen-bond donors (Lipinski definition) is 1. The highest BCUT2D eigenvalue weighted by Gasteiger charge is 2.13. The fraction of sp³-hybridized carbons (Fsp3) is 0.167. The molecule has 0 saturated carbocycles. The van der Waals surface area contributed by atoms with Crippen LogP contribution in [0.5, 0.6) is 11.5 Å². The number of nitrogens with zero attached hydrogens (tertiary/aromatic N) is 2. The molecule has 0 aliphatic carbocycles. The van der Waals surface area contributed by atoms with E-state index in [1.165, 1.54) is 25.4 Å². The van der Waals surface area contributed by atoms with Gasteiger partial charge in [0.05, 0.1) is 11.6 Å². The van der Waals surface area contributed by atoms with Crippen molar-refractivity contribution in [2.24, 2.45) is 0 Å². The summed E-state index contributed by atoms with van der Waals surface area (Å²) in [5.41, 5.74) is 6.15. The summed E-state index contributed by atoms with van der Waals surface area (Å²) in [7, 11) is 1.36. The average Bonchev–Trinajstić information content (AvgIpc) is 2.41. The summed E-state index contributed by atoms with van der Waals surface area (Å²) in [5.74, 6) is 0.652. The third-order valence-corrected chi connectivity index (χ3v) is 3.02. The summed E-state index contributed by atoms with van der Waals surface area (Å²) in [6.07, 6.45) is 1.48. The normalized spacial score (nSPS) is 10.7. The smallest absolute Gasteiger partial charge is 0.387 e. The number of nitrogen functional groups attached to an aromatic ring is 1. The van der Waals surface area contributed by atoms with Gasteiger partial charge in [-0.25, -0.2) is 9.97 Å². The van der Waals surface area contributed by atoms with Crippen molar-refractivity contribution in [3.05, 3.63) is 28.9 Å². The molecule has 2 rings (SSSR count). The highest BCUT2D eigenvalue weighted by molar-refractivity contribution is 9.10. The van der Waals surface area contributed by atoms with Gasteiger partial charge in [-0.1, -0.05) is 0 Å². The van der Waals surface area contributed by atoms with E-state index in [4.69, 9.17) is 10.5 Å². The molecule has 0 unspecified atom stereocenters. The van der Waals surface area contributed by atoms with Crippen LogP contribution < -0.4 is 15.2 Å². The molecule has 1 aromatic carbocycles. The molecule has 0 amide bonds. The van der Waals surface area contributed by atoms with Crippen molar-refractivity contribution in [1.82, 2.24) is 9.97 Å². The van der Waals surface area contributed by atoms with Crippen molar-refractivity contribution in [3.63, 3.8) is 0 Å². The Morgan fingerprint density at radius 1 is 1.30 bits per heavy atom. The maximum absolute atomic E-state index is 12.4. The SMILES string of the molecule is COc1ccc(-c2ncc(Br)c(N)n2)cc1OC(F)F. The molecular weight excluding hydrogens is 336 g/mol. The fourth-order valence-corrected chi connectivity index (χ4v) is 1.71. The lowest BCUT2D eigenvalue weighted by Gasteiger charge is -2.11. The molecule has 106 valence electrons. The first kappa shape index (κ1) is 14.4. The first-order valence-electron chi connectivity index (χ1n) is 5.42. The molecule has 1 aromatic heterocycles. The fourth-order valence-electron chi connectivity index (χ4n) is 1.52. The number of methoxy groups -OCH3 is 1. The van der Waals surface area contributed by atoms with Crippen LogP contribution in [0.2, 0.25) is 0 Å². The van der Waals surface area contributed by atoms with Crippen molar-refractivity contribution in [2.45, 2.75) is 6.61 Å². The van der Waals surface area contributed by atoms with E-state index in [1.54, 1.807) is 6.07 Å². The number of alkyl halides is 2. The first-order valence-corrected chi connectivity index (χ1v) is 6.22. The first-order chi connectivity index (χ1) is 9.51. The minimum atomic E-state index is -2.95. The number of anilines is 1. The van der Waals surface area contributed by atoms with E-state index >= 15 is 0 Å². The maximum Gasteiger partial charge on any atom is 0.387 e. The topological polar surface area (TPSA) is 70.3 Å². The minimum Gasteiger partial charge on any atom is -0.493 e. The van der Waals surface area contributed by atoms with E-state index in [2.05, 4.69) is 30.6 Å². The molecule has 0 atom stereocenters. The van der Waals surface area contributed by atoms with E-state index in [9.17, 15) is 8.78 Å². The Hall–Kier alpha value is -1.96. The summed E-state index contributed by atoms with van der Waals surface area (Å²) < 4.78 is 34.6. The van der Waals surface area contributed by atoms with Gasteiger partial charge in [0, 0.05) is 11.8 Å². The summed E-state index contributed by atoms with van der Waals surface area (Å²) in [4.78, 5) is 8.12. The predicted molar refractivity (Wildman–Crippen MR) is 72.8 cm³/mol. The summed E-state index contributed by atoms with van der Waals surface area (Å²) in [6.45, 7) is -2.95. The van der Waals surface area contributed by atoms with Crippen molar-refractivity contribution >= 4 is 21.7 Å². The Kier molecular flexibility index (Phi) is 4.33. The van der Waals surface area contributed by atoms with Crippen LogP contribution in [0.3, 0.4) is 0 Å². The van der Waals surface area contributed by atoms with Crippen LogP contribution in [0.15, 0.2) is 28.9 Å². The van der Waals surface area contributed by atoms with Gasteiger partial charge in [0.1, 0.15) is 5.82 Å². The van der Waals surface area contributed by atoms with E-state index in [-0.39, 0.29) is 17.3 Å². The maximum atomic E-state index is 12.4. The number of rotatable bonds is 4. The Morgan fingerprint density at radius 3 is 2.65 bits per heavy atom. The van der Waals surface area contributed by atoms with Crippen LogP contribution >= 0.6 is 15.9 Å². The number of aromatic nitrogens is 2.